The number of nitrogens with zero attached hydrogens (tertiary/aromatic N) is 2. The lowest BCUT2D eigenvalue weighted by molar-refractivity contribution is -0.122. The zero-order chi connectivity index (χ0) is 24.1. The van der Waals surface area contributed by atoms with Crippen LogP contribution in [0.1, 0.15) is 31.0 Å². The van der Waals surface area contributed by atoms with Crippen LogP contribution in [0, 0.1) is 0 Å². The number of rotatable bonds is 8. The molecule has 174 valence electrons. The minimum absolute atomic E-state index is 0.208. The zero-order valence-electron chi connectivity index (χ0n) is 19.2. The Kier molecular flexibility index (Phi) is 6.92. The lowest BCUT2D eigenvalue weighted by atomic mass is 9.98. The Morgan fingerprint density at radius 1 is 0.853 bits per heavy atom. The number of carbonyl (C=O) groups excluding carboxylic acids is 1. The van der Waals surface area contributed by atoms with Crippen LogP contribution in [0.25, 0.3) is 10.9 Å². The van der Waals surface area contributed by atoms with Gasteiger partial charge in [0, 0.05) is 6.54 Å². The van der Waals surface area contributed by atoms with Crippen molar-refractivity contribution < 1.29 is 9.53 Å². The third-order valence-electron chi connectivity index (χ3n) is 5.71. The molecule has 0 saturated carbocycles. The third-order valence-corrected chi connectivity index (χ3v) is 5.71. The van der Waals surface area contributed by atoms with E-state index in [1.165, 1.54) is 4.57 Å². The maximum Gasteiger partial charge on any atom is 0.331 e. The minimum atomic E-state index is -0.501. The summed E-state index contributed by atoms with van der Waals surface area (Å²) in [4.78, 5) is 38.9. The van der Waals surface area contributed by atoms with Gasteiger partial charge in [-0.2, -0.15) is 0 Å². The molecule has 0 spiro atoms. The minimum Gasteiger partial charge on any atom is -0.494 e. The molecule has 0 aliphatic carbocycles. The molecule has 0 aliphatic rings. The van der Waals surface area contributed by atoms with E-state index in [2.05, 4.69) is 5.32 Å². The van der Waals surface area contributed by atoms with Crippen LogP contribution in [0.3, 0.4) is 0 Å². The van der Waals surface area contributed by atoms with Crippen LogP contribution in [0.2, 0.25) is 0 Å². The molecule has 0 aliphatic heterocycles. The molecule has 4 aromatic rings. The molecule has 0 saturated heterocycles. The zero-order valence-corrected chi connectivity index (χ0v) is 19.2. The van der Waals surface area contributed by atoms with Gasteiger partial charge in [-0.15, -0.1) is 0 Å². The summed E-state index contributed by atoms with van der Waals surface area (Å²) in [6.45, 7) is 4.25. The van der Waals surface area contributed by atoms with E-state index in [1.807, 2.05) is 61.5 Å². The number of benzene rings is 3. The van der Waals surface area contributed by atoms with Gasteiger partial charge in [-0.25, -0.2) is 4.79 Å². The molecule has 34 heavy (non-hydrogen) atoms. The number of carbonyl (C=O) groups is 1. The summed E-state index contributed by atoms with van der Waals surface area (Å²) in [5.74, 6) is 0.417. The van der Waals surface area contributed by atoms with Crippen LogP contribution in [0.5, 0.6) is 5.75 Å². The highest BCUT2D eigenvalue weighted by molar-refractivity contribution is 5.82. The highest BCUT2D eigenvalue weighted by atomic mass is 16.5. The maximum atomic E-state index is 13.2. The molecule has 0 fully saturated rings. The quantitative estimate of drug-likeness (QED) is 0.439. The number of fused-ring (bicyclic) bond motifs is 1. The van der Waals surface area contributed by atoms with E-state index in [1.54, 1.807) is 31.2 Å². The van der Waals surface area contributed by atoms with Gasteiger partial charge in [-0.1, -0.05) is 54.6 Å². The Balaban J connectivity index is 1.69. The smallest absolute Gasteiger partial charge is 0.331 e. The molecule has 1 atom stereocenters. The van der Waals surface area contributed by atoms with Crippen LogP contribution >= 0.6 is 0 Å². The first kappa shape index (κ1) is 23.0. The fourth-order valence-electron chi connectivity index (χ4n) is 4.08. The van der Waals surface area contributed by atoms with Crippen molar-refractivity contribution in [2.45, 2.75) is 33.0 Å². The van der Waals surface area contributed by atoms with E-state index in [-0.39, 0.29) is 24.6 Å². The molecule has 1 N–H and O–H groups in total. The number of para-hydroxylation sites is 1. The van der Waals surface area contributed by atoms with Crippen molar-refractivity contribution >= 4 is 16.8 Å². The van der Waals surface area contributed by atoms with E-state index < -0.39 is 11.7 Å². The van der Waals surface area contributed by atoms with Crippen molar-refractivity contribution in [3.8, 4) is 5.75 Å². The number of hydrogen-bond acceptors (Lipinski definition) is 4. The lowest BCUT2D eigenvalue weighted by Crippen LogP contribution is -2.42. The second-order valence-corrected chi connectivity index (χ2v) is 7.85. The van der Waals surface area contributed by atoms with Gasteiger partial charge in [-0.05, 0) is 49.2 Å². The van der Waals surface area contributed by atoms with E-state index in [0.717, 1.165) is 21.4 Å². The number of amides is 1. The van der Waals surface area contributed by atoms with Crippen LogP contribution in [0.15, 0.2) is 88.5 Å². The summed E-state index contributed by atoms with van der Waals surface area (Å²) >= 11 is 0. The second kappa shape index (κ2) is 10.2. The third kappa shape index (κ3) is 4.64. The Bertz CT molecular complexity index is 1410. The molecule has 1 unspecified atom stereocenters. The first-order chi connectivity index (χ1) is 16.5. The summed E-state index contributed by atoms with van der Waals surface area (Å²) < 4.78 is 8.05. The van der Waals surface area contributed by atoms with E-state index in [4.69, 9.17) is 4.74 Å². The molecule has 4 rings (SSSR count). The van der Waals surface area contributed by atoms with Gasteiger partial charge in [0.2, 0.25) is 5.91 Å². The molecule has 3 aromatic carbocycles. The van der Waals surface area contributed by atoms with Crippen LogP contribution in [-0.4, -0.2) is 21.6 Å². The fourth-order valence-corrected chi connectivity index (χ4v) is 4.08. The first-order valence-electron chi connectivity index (χ1n) is 11.3. The van der Waals surface area contributed by atoms with Gasteiger partial charge in [0.15, 0.2) is 0 Å². The lowest BCUT2D eigenvalue weighted by Gasteiger charge is -2.21. The SMILES string of the molecule is CCOc1ccc(C(NC(=O)Cn2c(=O)n(CC)c(=O)c3ccccc32)c2ccccc2)cc1. The molecule has 7 nitrogen and oxygen atoms in total. The fraction of sp³-hybridized carbons (Fsp3) is 0.222. The average Bonchev–Trinajstić information content (AvgIpc) is 2.87. The largest absolute Gasteiger partial charge is 0.494 e. The summed E-state index contributed by atoms with van der Waals surface area (Å²) in [6, 6.07) is 23.7. The molecule has 0 bridgehead atoms. The number of nitrogens with one attached hydrogen (secondary N) is 1. The summed E-state index contributed by atoms with van der Waals surface area (Å²) in [5, 5.41) is 3.47. The number of ether oxygens (including phenoxy) is 1. The Hall–Kier alpha value is -4.13. The highest BCUT2D eigenvalue weighted by Gasteiger charge is 2.19. The molecule has 1 amide bonds. The van der Waals surface area contributed by atoms with Crippen molar-refractivity contribution in [1.29, 1.82) is 0 Å². The normalized spacial score (nSPS) is 11.8. The van der Waals surface area contributed by atoms with Crippen molar-refractivity contribution in [3.63, 3.8) is 0 Å². The Labute approximate surface area is 197 Å². The predicted octanol–water partition coefficient (Wildman–Crippen LogP) is 3.49. The van der Waals surface area contributed by atoms with Crippen LogP contribution in [-0.2, 0) is 17.9 Å². The topological polar surface area (TPSA) is 82.3 Å². The van der Waals surface area contributed by atoms with Crippen molar-refractivity contribution in [3.05, 3.63) is 111 Å². The van der Waals surface area contributed by atoms with Gasteiger partial charge in [-0.3, -0.25) is 18.7 Å². The van der Waals surface area contributed by atoms with E-state index >= 15 is 0 Å². The number of aromatic nitrogens is 2. The second-order valence-electron chi connectivity index (χ2n) is 7.85. The molecule has 1 heterocycles. The average molecular weight is 458 g/mol. The summed E-state index contributed by atoms with van der Waals surface area (Å²) in [7, 11) is 0. The van der Waals surface area contributed by atoms with Gasteiger partial charge in [0.25, 0.3) is 5.56 Å². The Morgan fingerprint density at radius 3 is 2.18 bits per heavy atom. The summed E-state index contributed by atoms with van der Waals surface area (Å²) in [5.41, 5.74) is 1.39. The maximum absolute atomic E-state index is 13.2. The van der Waals surface area contributed by atoms with Gasteiger partial charge < -0.3 is 10.1 Å². The number of hydrogen-bond donors (Lipinski definition) is 1. The summed E-state index contributed by atoms with van der Waals surface area (Å²) in [6.07, 6.45) is 0. The highest BCUT2D eigenvalue weighted by Crippen LogP contribution is 2.24. The monoisotopic (exact) mass is 457 g/mol. The van der Waals surface area contributed by atoms with Gasteiger partial charge in [0.1, 0.15) is 12.3 Å². The molecule has 0 radical (unpaired) electrons. The van der Waals surface area contributed by atoms with Crippen LogP contribution in [0.4, 0.5) is 0 Å². The standard InChI is InChI=1S/C27H27N3O4/c1-3-29-26(32)22-12-8-9-13-23(22)30(27(29)33)18-24(31)28-25(19-10-6-5-7-11-19)20-14-16-21(17-15-20)34-4-2/h5-17,25H,3-4,18H2,1-2H3,(H,28,31). The van der Waals surface area contributed by atoms with Crippen molar-refractivity contribution in [2.24, 2.45) is 0 Å². The van der Waals surface area contributed by atoms with E-state index in [9.17, 15) is 14.4 Å². The van der Waals surface area contributed by atoms with E-state index in [0.29, 0.717) is 17.5 Å². The van der Waals surface area contributed by atoms with Gasteiger partial charge >= 0.3 is 5.69 Å². The molecule has 7 heteroatoms. The molecular formula is C27H27N3O4. The first-order valence-corrected chi connectivity index (χ1v) is 11.3. The predicted molar refractivity (Wildman–Crippen MR) is 132 cm³/mol. The van der Waals surface area contributed by atoms with Gasteiger partial charge in [0.05, 0.1) is 23.6 Å². The van der Waals surface area contributed by atoms with Crippen LogP contribution < -0.4 is 21.3 Å². The van der Waals surface area contributed by atoms with Crippen molar-refractivity contribution in [2.75, 3.05) is 6.61 Å². The van der Waals surface area contributed by atoms with Crippen molar-refractivity contribution in [1.82, 2.24) is 14.5 Å². The molecular weight excluding hydrogens is 430 g/mol. The Morgan fingerprint density at radius 2 is 1.50 bits per heavy atom. The molecule has 1 aromatic heterocycles.